The zero-order chi connectivity index (χ0) is 24.4. The number of hydrogen-bond donors (Lipinski definition) is 2. The fraction of sp³-hybridized carbons (Fsp3) is 0.174. The van der Waals surface area contributed by atoms with Gasteiger partial charge in [0.05, 0.1) is 30.2 Å². The summed E-state index contributed by atoms with van der Waals surface area (Å²) >= 11 is 17.9. The SMILES string of the molecule is Cc1nn(Cc2c(F)cccc2Cl)c(C)c1NC(=S)Nc1nn(Cc2ccccc2F)cc1Cl. The average molecular weight is 521 g/mol. The monoisotopic (exact) mass is 520 g/mol. The number of aromatic nitrogens is 4. The van der Waals surface area contributed by atoms with Crippen molar-refractivity contribution >= 4 is 52.0 Å². The van der Waals surface area contributed by atoms with Crippen LogP contribution in [0.1, 0.15) is 22.5 Å². The lowest BCUT2D eigenvalue weighted by molar-refractivity contribution is 0.579. The van der Waals surface area contributed by atoms with Gasteiger partial charge in [-0.15, -0.1) is 0 Å². The van der Waals surface area contributed by atoms with E-state index in [1.807, 2.05) is 13.8 Å². The summed E-state index contributed by atoms with van der Waals surface area (Å²) in [5.41, 5.74) is 2.94. The Morgan fingerprint density at radius 3 is 2.41 bits per heavy atom. The van der Waals surface area contributed by atoms with Crippen LogP contribution in [0.3, 0.4) is 0 Å². The number of nitrogens with zero attached hydrogens (tertiary/aromatic N) is 4. The first-order valence-corrected chi connectivity index (χ1v) is 11.4. The molecule has 0 saturated heterocycles. The molecule has 34 heavy (non-hydrogen) atoms. The van der Waals surface area contributed by atoms with Crippen molar-refractivity contribution in [2.75, 3.05) is 10.6 Å². The third-order valence-corrected chi connectivity index (χ3v) is 6.06. The highest BCUT2D eigenvalue weighted by molar-refractivity contribution is 7.80. The van der Waals surface area contributed by atoms with Gasteiger partial charge in [0.1, 0.15) is 16.7 Å². The van der Waals surface area contributed by atoms with E-state index in [4.69, 9.17) is 35.4 Å². The van der Waals surface area contributed by atoms with Crippen molar-refractivity contribution in [3.8, 4) is 0 Å². The molecule has 0 bridgehead atoms. The summed E-state index contributed by atoms with van der Waals surface area (Å²) in [4.78, 5) is 0. The fourth-order valence-corrected chi connectivity index (χ4v) is 4.10. The Hall–Kier alpha value is -3.01. The molecule has 0 radical (unpaired) electrons. The molecule has 0 fully saturated rings. The van der Waals surface area contributed by atoms with E-state index in [0.717, 1.165) is 5.69 Å². The molecule has 2 N–H and O–H groups in total. The van der Waals surface area contributed by atoms with Crippen LogP contribution in [0.2, 0.25) is 10.0 Å². The smallest absolute Gasteiger partial charge is 0.176 e. The molecule has 0 unspecified atom stereocenters. The summed E-state index contributed by atoms with van der Waals surface area (Å²) in [6.07, 6.45) is 1.59. The quantitative estimate of drug-likeness (QED) is 0.297. The van der Waals surface area contributed by atoms with E-state index < -0.39 is 5.82 Å². The Morgan fingerprint density at radius 2 is 1.68 bits per heavy atom. The van der Waals surface area contributed by atoms with E-state index in [1.165, 1.54) is 16.8 Å². The second-order valence-electron chi connectivity index (χ2n) is 7.60. The summed E-state index contributed by atoms with van der Waals surface area (Å²) in [5.74, 6) is -0.385. The van der Waals surface area contributed by atoms with Crippen LogP contribution in [0, 0.1) is 25.5 Å². The predicted molar refractivity (Wildman–Crippen MR) is 135 cm³/mol. The molecule has 0 spiro atoms. The Balaban J connectivity index is 1.47. The maximum atomic E-state index is 14.2. The lowest BCUT2D eigenvalue weighted by Crippen LogP contribution is -2.20. The molecule has 0 aliphatic carbocycles. The largest absolute Gasteiger partial charge is 0.329 e. The molecule has 2 aromatic carbocycles. The molecule has 176 valence electrons. The number of halogens is 4. The van der Waals surface area contributed by atoms with Crippen molar-refractivity contribution < 1.29 is 8.78 Å². The van der Waals surface area contributed by atoms with Gasteiger partial charge < -0.3 is 10.6 Å². The minimum atomic E-state index is -0.396. The molecule has 0 aliphatic heterocycles. The van der Waals surface area contributed by atoms with E-state index in [2.05, 4.69) is 20.8 Å². The maximum Gasteiger partial charge on any atom is 0.176 e. The van der Waals surface area contributed by atoms with Gasteiger partial charge >= 0.3 is 0 Å². The van der Waals surface area contributed by atoms with Crippen LogP contribution < -0.4 is 10.6 Å². The maximum absolute atomic E-state index is 14.2. The highest BCUT2D eigenvalue weighted by Crippen LogP contribution is 2.25. The van der Waals surface area contributed by atoms with E-state index in [9.17, 15) is 8.78 Å². The van der Waals surface area contributed by atoms with Crippen LogP contribution >= 0.6 is 35.4 Å². The van der Waals surface area contributed by atoms with Crippen LogP contribution in [0.15, 0.2) is 48.7 Å². The van der Waals surface area contributed by atoms with Gasteiger partial charge in [-0.3, -0.25) is 9.36 Å². The summed E-state index contributed by atoms with van der Waals surface area (Å²) in [6.45, 7) is 4.05. The highest BCUT2D eigenvalue weighted by atomic mass is 35.5. The van der Waals surface area contributed by atoms with Crippen LogP contribution in [0.25, 0.3) is 0 Å². The van der Waals surface area contributed by atoms with Crippen molar-refractivity contribution in [3.05, 3.63) is 92.9 Å². The summed E-state index contributed by atoms with van der Waals surface area (Å²) in [5, 5.41) is 15.8. The Kier molecular flexibility index (Phi) is 7.16. The third-order valence-electron chi connectivity index (χ3n) is 5.23. The van der Waals surface area contributed by atoms with Crippen molar-refractivity contribution in [1.29, 1.82) is 0 Å². The molecule has 4 rings (SSSR count). The number of benzene rings is 2. The van der Waals surface area contributed by atoms with Gasteiger partial charge in [0.2, 0.25) is 0 Å². The molecule has 4 aromatic rings. The van der Waals surface area contributed by atoms with Crippen LogP contribution in [0.5, 0.6) is 0 Å². The highest BCUT2D eigenvalue weighted by Gasteiger charge is 2.17. The van der Waals surface area contributed by atoms with Gasteiger partial charge in [0.15, 0.2) is 10.9 Å². The van der Waals surface area contributed by atoms with E-state index in [1.54, 1.807) is 41.2 Å². The van der Waals surface area contributed by atoms with Crippen molar-refractivity contribution in [3.63, 3.8) is 0 Å². The number of hydrogen-bond acceptors (Lipinski definition) is 3. The first-order valence-electron chi connectivity index (χ1n) is 10.2. The minimum absolute atomic E-state index is 0.173. The van der Waals surface area contributed by atoms with Crippen molar-refractivity contribution in [1.82, 2.24) is 19.6 Å². The van der Waals surface area contributed by atoms with Gasteiger partial charge in [-0.2, -0.15) is 10.2 Å². The number of aryl methyl sites for hydroxylation is 1. The molecule has 6 nitrogen and oxygen atoms in total. The van der Waals surface area contributed by atoms with Crippen molar-refractivity contribution in [2.24, 2.45) is 0 Å². The van der Waals surface area contributed by atoms with Crippen LogP contribution in [-0.2, 0) is 13.1 Å². The third kappa shape index (κ3) is 5.22. The van der Waals surface area contributed by atoms with Crippen LogP contribution in [0.4, 0.5) is 20.3 Å². The van der Waals surface area contributed by atoms with E-state index in [-0.39, 0.29) is 24.0 Å². The number of nitrogens with one attached hydrogen (secondary N) is 2. The average Bonchev–Trinajstić information content (AvgIpc) is 3.25. The number of thiocarbonyl (C=S) groups is 1. The van der Waals surface area contributed by atoms with Gasteiger partial charge in [-0.1, -0.05) is 47.5 Å². The van der Waals surface area contributed by atoms with Gasteiger partial charge in [-0.25, -0.2) is 8.78 Å². The second-order valence-corrected chi connectivity index (χ2v) is 8.82. The Bertz CT molecular complexity index is 1350. The first-order chi connectivity index (χ1) is 16.2. The summed E-state index contributed by atoms with van der Waals surface area (Å²) in [6, 6.07) is 11.0. The fourth-order valence-electron chi connectivity index (χ4n) is 3.48. The molecular weight excluding hydrogens is 501 g/mol. The molecular formula is C23H20Cl2F2N6S. The van der Waals surface area contributed by atoms with Gasteiger partial charge in [0.25, 0.3) is 0 Å². The predicted octanol–water partition coefficient (Wildman–Crippen LogP) is 6.19. The summed E-state index contributed by atoms with van der Waals surface area (Å²) < 4.78 is 31.3. The minimum Gasteiger partial charge on any atom is -0.329 e. The van der Waals surface area contributed by atoms with Crippen LogP contribution in [-0.4, -0.2) is 24.7 Å². The molecule has 0 aliphatic rings. The zero-order valence-electron chi connectivity index (χ0n) is 18.2. The normalized spacial score (nSPS) is 11.0. The zero-order valence-corrected chi connectivity index (χ0v) is 20.6. The van der Waals surface area contributed by atoms with Gasteiger partial charge in [-0.05, 0) is 44.3 Å². The molecule has 2 aromatic heterocycles. The first kappa shape index (κ1) is 24.1. The molecule has 2 heterocycles. The van der Waals surface area contributed by atoms with E-state index in [0.29, 0.717) is 38.4 Å². The lowest BCUT2D eigenvalue weighted by atomic mass is 10.2. The lowest BCUT2D eigenvalue weighted by Gasteiger charge is -2.11. The molecule has 0 saturated carbocycles. The molecule has 11 heteroatoms. The van der Waals surface area contributed by atoms with Crippen molar-refractivity contribution in [2.45, 2.75) is 26.9 Å². The number of rotatable bonds is 6. The summed E-state index contributed by atoms with van der Waals surface area (Å²) in [7, 11) is 0. The van der Waals surface area contributed by atoms with Gasteiger partial charge in [0, 0.05) is 22.3 Å². The second kappa shape index (κ2) is 10.1. The standard InChI is InChI=1S/C23H20Cl2F2N6S/c1-13-21(14(2)33(30-13)11-16-17(24)7-5-9-20(16)27)28-23(34)29-22-18(25)12-32(31-22)10-15-6-3-4-8-19(15)26/h3-9,12H,10-11H2,1-2H3,(H2,28,29,31,34). The Labute approximate surface area is 210 Å². The number of anilines is 2. The van der Waals surface area contributed by atoms with E-state index >= 15 is 0 Å². The molecule has 0 atom stereocenters. The molecule has 0 amide bonds. The topological polar surface area (TPSA) is 59.7 Å². The Morgan fingerprint density at radius 1 is 0.941 bits per heavy atom.